The summed E-state index contributed by atoms with van der Waals surface area (Å²) in [5, 5.41) is 0. The topological polar surface area (TPSA) is 64.8 Å². The number of ether oxygens (including phenoxy) is 2. The number of methoxy groups -OCH3 is 1. The zero-order chi connectivity index (χ0) is 15.4. The number of benzene rings is 1. The molecule has 1 aliphatic rings. The van der Waals surface area contributed by atoms with Crippen LogP contribution in [-0.4, -0.2) is 43.7 Å². The number of amides is 1. The van der Waals surface area contributed by atoms with Crippen LogP contribution in [0.2, 0.25) is 0 Å². The molecule has 7 heteroatoms. The van der Waals surface area contributed by atoms with Crippen molar-refractivity contribution in [1.82, 2.24) is 4.90 Å². The molecule has 1 heterocycles. The molecule has 2 rings (SSSR count). The average Bonchev–Trinajstić information content (AvgIpc) is 2.95. The van der Waals surface area contributed by atoms with Crippen molar-refractivity contribution < 1.29 is 14.3 Å². The summed E-state index contributed by atoms with van der Waals surface area (Å²) in [5.41, 5.74) is 6.53. The molecule has 5 nitrogen and oxygen atoms in total. The quantitative estimate of drug-likeness (QED) is 0.834. The van der Waals surface area contributed by atoms with E-state index < -0.39 is 0 Å². The minimum atomic E-state index is -0.373. The van der Waals surface area contributed by atoms with Gasteiger partial charge in [0.2, 0.25) is 0 Å². The third-order valence-corrected chi connectivity index (χ3v) is 4.17. The van der Waals surface area contributed by atoms with Crippen LogP contribution in [0.4, 0.5) is 0 Å². The summed E-state index contributed by atoms with van der Waals surface area (Å²) < 4.78 is 11.9. The van der Waals surface area contributed by atoms with Gasteiger partial charge in [0, 0.05) is 30.2 Å². The van der Waals surface area contributed by atoms with E-state index in [9.17, 15) is 4.79 Å². The molecular weight excluding hydrogens is 372 g/mol. The van der Waals surface area contributed by atoms with Crippen LogP contribution in [0, 0.1) is 0 Å². The summed E-state index contributed by atoms with van der Waals surface area (Å²) in [6.07, 6.45) is 1.22. The third-order valence-electron chi connectivity index (χ3n) is 3.67. The van der Waals surface area contributed by atoms with Crippen molar-refractivity contribution in [2.45, 2.75) is 31.6 Å². The maximum Gasteiger partial charge on any atom is 0.251 e. The number of nitrogens with two attached hydrogens (primary N) is 1. The van der Waals surface area contributed by atoms with Gasteiger partial charge in [-0.25, -0.2) is 0 Å². The van der Waals surface area contributed by atoms with E-state index >= 15 is 0 Å². The molecule has 0 aromatic heterocycles. The zero-order valence-corrected chi connectivity index (χ0v) is 15.2. The average molecular weight is 394 g/mol. The maximum absolute atomic E-state index is 12.4. The lowest BCUT2D eigenvalue weighted by atomic mass is 10.1. The second kappa shape index (κ2) is 8.72. The first-order valence-corrected chi connectivity index (χ1v) is 7.77. The molecule has 0 aliphatic carbocycles. The predicted octanol–water partition coefficient (Wildman–Crippen LogP) is 2.34. The van der Waals surface area contributed by atoms with E-state index in [2.05, 4.69) is 15.9 Å². The smallest absolute Gasteiger partial charge is 0.251 e. The second-order valence-electron chi connectivity index (χ2n) is 5.21. The first kappa shape index (κ1) is 19.2. The van der Waals surface area contributed by atoms with E-state index in [0.717, 1.165) is 28.6 Å². The van der Waals surface area contributed by atoms with Crippen LogP contribution < -0.4 is 10.5 Å². The van der Waals surface area contributed by atoms with Gasteiger partial charge in [0.1, 0.15) is 11.9 Å². The van der Waals surface area contributed by atoms with Crippen LogP contribution in [0.15, 0.2) is 22.7 Å². The van der Waals surface area contributed by atoms with Gasteiger partial charge in [0.25, 0.3) is 5.91 Å². The number of hydrogen-bond acceptors (Lipinski definition) is 4. The minimum absolute atomic E-state index is 0. The van der Waals surface area contributed by atoms with Crippen LogP contribution >= 0.6 is 28.3 Å². The number of rotatable bonds is 5. The molecule has 2 atom stereocenters. The molecule has 1 aliphatic heterocycles. The Balaban J connectivity index is 0.00000242. The van der Waals surface area contributed by atoms with Gasteiger partial charge in [0.05, 0.1) is 13.2 Å². The molecule has 0 bridgehead atoms. The van der Waals surface area contributed by atoms with Gasteiger partial charge in [-0.05, 0) is 31.0 Å². The van der Waals surface area contributed by atoms with Crippen molar-refractivity contribution in [3.8, 4) is 5.75 Å². The van der Waals surface area contributed by atoms with E-state index in [1.54, 1.807) is 19.1 Å². The van der Waals surface area contributed by atoms with Gasteiger partial charge in [-0.15, -0.1) is 12.4 Å². The van der Waals surface area contributed by atoms with Crippen molar-refractivity contribution >= 4 is 34.2 Å². The van der Waals surface area contributed by atoms with Gasteiger partial charge < -0.3 is 20.1 Å². The number of likely N-dealkylation sites (N-methyl/N-ethyl adjacent to an activating group) is 1. The molecule has 1 fully saturated rings. The fourth-order valence-electron chi connectivity index (χ4n) is 2.51. The van der Waals surface area contributed by atoms with Crippen LogP contribution in [-0.2, 0) is 16.1 Å². The van der Waals surface area contributed by atoms with E-state index in [4.69, 9.17) is 15.2 Å². The summed E-state index contributed by atoms with van der Waals surface area (Å²) in [7, 11) is 3.41. The fraction of sp³-hybridized carbons (Fsp3) is 0.533. The first-order valence-electron chi connectivity index (χ1n) is 6.98. The van der Waals surface area contributed by atoms with E-state index in [1.165, 1.54) is 0 Å². The Morgan fingerprint density at radius 1 is 1.50 bits per heavy atom. The monoisotopic (exact) mass is 392 g/mol. The van der Waals surface area contributed by atoms with Crippen LogP contribution in [0.25, 0.3) is 0 Å². The Morgan fingerprint density at radius 3 is 2.82 bits per heavy atom. The summed E-state index contributed by atoms with van der Waals surface area (Å²) in [5.74, 6) is 0.762. The van der Waals surface area contributed by atoms with Crippen LogP contribution in [0.1, 0.15) is 18.4 Å². The highest BCUT2D eigenvalue weighted by atomic mass is 79.9. The van der Waals surface area contributed by atoms with Gasteiger partial charge in [0.15, 0.2) is 0 Å². The van der Waals surface area contributed by atoms with Gasteiger partial charge in [-0.3, -0.25) is 4.79 Å². The molecule has 0 unspecified atom stereocenters. The van der Waals surface area contributed by atoms with Gasteiger partial charge in [-0.2, -0.15) is 0 Å². The molecule has 2 N–H and O–H groups in total. The van der Waals surface area contributed by atoms with Gasteiger partial charge >= 0.3 is 0 Å². The van der Waals surface area contributed by atoms with Gasteiger partial charge in [-0.1, -0.05) is 15.9 Å². The third kappa shape index (κ3) is 4.59. The summed E-state index contributed by atoms with van der Waals surface area (Å²) in [6.45, 7) is 0.946. The highest BCUT2D eigenvalue weighted by Crippen LogP contribution is 2.25. The summed E-state index contributed by atoms with van der Waals surface area (Å²) in [4.78, 5) is 14.1. The molecule has 1 aromatic rings. The Hall–Kier alpha value is -0.820. The van der Waals surface area contributed by atoms with E-state index in [0.29, 0.717) is 13.1 Å². The Kier molecular flexibility index (Phi) is 7.62. The van der Waals surface area contributed by atoms with Crippen molar-refractivity contribution in [3.05, 3.63) is 28.2 Å². The molecule has 1 amide bonds. The largest absolute Gasteiger partial charge is 0.496 e. The normalized spacial score (nSPS) is 20.4. The molecule has 1 saturated heterocycles. The summed E-state index contributed by atoms with van der Waals surface area (Å²) in [6, 6.07) is 5.76. The Morgan fingerprint density at radius 2 is 2.23 bits per heavy atom. The van der Waals surface area contributed by atoms with Crippen molar-refractivity contribution in [2.24, 2.45) is 5.73 Å². The Labute approximate surface area is 145 Å². The zero-order valence-electron chi connectivity index (χ0n) is 12.8. The van der Waals surface area contributed by atoms with E-state index in [1.807, 2.05) is 18.2 Å². The lowest BCUT2D eigenvalue weighted by Crippen LogP contribution is -2.36. The highest BCUT2D eigenvalue weighted by molar-refractivity contribution is 9.10. The molecular formula is C15H22BrClN2O3. The first-order chi connectivity index (χ1) is 10.0. The second-order valence-corrected chi connectivity index (χ2v) is 6.13. The fourth-order valence-corrected chi connectivity index (χ4v) is 2.92. The molecule has 1 aromatic carbocycles. The van der Waals surface area contributed by atoms with Crippen molar-refractivity contribution in [1.29, 1.82) is 0 Å². The lowest BCUT2D eigenvalue weighted by molar-refractivity contribution is -0.141. The lowest BCUT2D eigenvalue weighted by Gasteiger charge is -2.22. The van der Waals surface area contributed by atoms with E-state index in [-0.39, 0.29) is 30.5 Å². The number of nitrogens with zero attached hydrogens (tertiary/aromatic N) is 1. The standard InChI is InChI=1S/C15H21BrN2O3.ClH/c1-18(15(19)14-6-4-12(8-17)21-14)9-10-7-11(16)3-5-13(10)20-2;/h3,5,7,12,14H,4,6,8-9,17H2,1-2H3;1H/t12-,14+;/m1./s1. The van der Waals surface area contributed by atoms with Crippen LogP contribution in [0.3, 0.4) is 0 Å². The number of hydrogen-bond donors (Lipinski definition) is 1. The Bertz CT molecular complexity index is 516. The van der Waals surface area contributed by atoms with Crippen molar-refractivity contribution in [3.63, 3.8) is 0 Å². The maximum atomic E-state index is 12.4. The molecule has 0 spiro atoms. The molecule has 0 saturated carbocycles. The molecule has 22 heavy (non-hydrogen) atoms. The van der Waals surface area contributed by atoms with Crippen LogP contribution in [0.5, 0.6) is 5.75 Å². The summed E-state index contributed by atoms with van der Waals surface area (Å²) >= 11 is 3.44. The van der Waals surface area contributed by atoms with Crippen molar-refractivity contribution in [2.75, 3.05) is 20.7 Å². The number of halogens is 2. The predicted molar refractivity (Wildman–Crippen MR) is 91.4 cm³/mol. The SMILES string of the molecule is COc1ccc(Br)cc1CN(C)C(=O)[C@@H]1CC[C@H](CN)O1.Cl. The number of carbonyl (C=O) groups is 1. The molecule has 0 radical (unpaired) electrons. The highest BCUT2D eigenvalue weighted by Gasteiger charge is 2.31. The number of carbonyl (C=O) groups excluding carboxylic acids is 1. The minimum Gasteiger partial charge on any atom is -0.496 e. The molecule has 124 valence electrons.